The summed E-state index contributed by atoms with van der Waals surface area (Å²) in [7, 11) is 0. The quantitative estimate of drug-likeness (QED) is 0.336. The molecule has 0 fully saturated rings. The van der Waals surface area contributed by atoms with E-state index in [-0.39, 0.29) is 12.1 Å². The number of carbonyl (C=O) groups excluding carboxylic acids is 1. The van der Waals surface area contributed by atoms with Crippen LogP contribution in [0.1, 0.15) is 118 Å². The molecule has 24 heavy (non-hydrogen) atoms. The fourth-order valence-electron chi connectivity index (χ4n) is 3.37. The normalized spacial score (nSPS) is 11.5. The molecule has 0 heterocycles. The van der Waals surface area contributed by atoms with Gasteiger partial charge in [0.2, 0.25) is 0 Å². The standard InChI is InChI=1S/C21H42O2.H3N/c1-5-7-9-11-13-15-17-19(21(3,4)20(22)23)18-16-14-12-10-8-6-2;/h19H,5-18H2,1-4H3,(H,22,23);1H3. The van der Waals surface area contributed by atoms with Crippen molar-refractivity contribution in [1.82, 2.24) is 6.15 Å². The van der Waals surface area contributed by atoms with E-state index in [9.17, 15) is 9.90 Å². The van der Waals surface area contributed by atoms with Gasteiger partial charge in [-0.3, -0.25) is 0 Å². The molecule has 0 spiro atoms. The lowest BCUT2D eigenvalue weighted by atomic mass is 9.73. The Hall–Kier alpha value is -0.570. The van der Waals surface area contributed by atoms with E-state index >= 15 is 0 Å². The van der Waals surface area contributed by atoms with Crippen LogP contribution in [-0.2, 0) is 4.79 Å². The van der Waals surface area contributed by atoms with E-state index < -0.39 is 11.4 Å². The number of carbonyl (C=O) groups is 1. The van der Waals surface area contributed by atoms with Crippen molar-refractivity contribution < 1.29 is 9.90 Å². The summed E-state index contributed by atoms with van der Waals surface area (Å²) < 4.78 is 0. The largest absolute Gasteiger partial charge is 0.550 e. The van der Waals surface area contributed by atoms with Crippen molar-refractivity contribution in [3.05, 3.63) is 0 Å². The molecule has 3 nitrogen and oxygen atoms in total. The van der Waals surface area contributed by atoms with Gasteiger partial charge < -0.3 is 16.1 Å². The highest BCUT2D eigenvalue weighted by atomic mass is 16.4. The predicted molar refractivity (Wildman–Crippen MR) is 104 cm³/mol. The van der Waals surface area contributed by atoms with Crippen LogP contribution < -0.4 is 11.3 Å². The molecule has 0 rings (SSSR count). The maximum absolute atomic E-state index is 11.5. The first-order chi connectivity index (χ1) is 11.0. The van der Waals surface area contributed by atoms with E-state index in [0.717, 1.165) is 12.8 Å². The third-order valence-corrected chi connectivity index (χ3v) is 5.36. The van der Waals surface area contributed by atoms with Crippen molar-refractivity contribution in [2.75, 3.05) is 0 Å². The monoisotopic (exact) mass is 343 g/mol. The van der Waals surface area contributed by atoms with Gasteiger partial charge in [0, 0.05) is 11.4 Å². The molecule has 0 bridgehead atoms. The van der Waals surface area contributed by atoms with Crippen LogP contribution in [0, 0.1) is 11.3 Å². The highest BCUT2D eigenvalue weighted by Gasteiger charge is 2.29. The maximum atomic E-state index is 11.5. The second kappa shape index (κ2) is 15.9. The first-order valence-corrected chi connectivity index (χ1v) is 10.2. The number of carboxylic acid groups (broad SMARTS) is 1. The lowest BCUT2D eigenvalue weighted by Gasteiger charge is -2.35. The topological polar surface area (TPSA) is 76.6 Å². The summed E-state index contributed by atoms with van der Waals surface area (Å²) in [5.41, 5.74) is -0.688. The average molecular weight is 344 g/mol. The number of aliphatic carboxylic acids is 1. The van der Waals surface area contributed by atoms with Gasteiger partial charge >= 0.3 is 0 Å². The fourth-order valence-corrected chi connectivity index (χ4v) is 3.37. The van der Waals surface area contributed by atoms with Gasteiger partial charge in [-0.2, -0.15) is 0 Å². The molecule has 0 amide bonds. The zero-order chi connectivity index (χ0) is 17.6. The second-order valence-corrected chi connectivity index (χ2v) is 7.82. The highest BCUT2D eigenvalue weighted by molar-refractivity contribution is 5.71. The second-order valence-electron chi connectivity index (χ2n) is 7.82. The van der Waals surface area contributed by atoms with E-state index in [4.69, 9.17) is 0 Å². The Labute approximate surface area is 151 Å². The molecular weight excluding hydrogens is 298 g/mol. The Kier molecular flexibility index (Phi) is 17.0. The number of unbranched alkanes of at least 4 members (excludes halogenated alkanes) is 10. The van der Waals surface area contributed by atoms with Crippen LogP contribution in [0.4, 0.5) is 0 Å². The smallest absolute Gasteiger partial charge is 0.0473 e. The lowest BCUT2D eigenvalue weighted by Crippen LogP contribution is -2.43. The fraction of sp³-hybridized carbons (Fsp3) is 0.952. The predicted octanol–water partition coefficient (Wildman–Crippen LogP) is 6.26. The minimum atomic E-state index is -0.875. The van der Waals surface area contributed by atoms with Crippen molar-refractivity contribution in [3.63, 3.8) is 0 Å². The zero-order valence-electron chi connectivity index (χ0n) is 17.3. The Morgan fingerprint density at radius 1 is 0.750 bits per heavy atom. The van der Waals surface area contributed by atoms with Crippen LogP contribution in [0.3, 0.4) is 0 Å². The molecule has 0 saturated carbocycles. The number of hydrogen-bond donors (Lipinski definition) is 1. The van der Waals surface area contributed by atoms with Gasteiger partial charge in [-0.1, -0.05) is 105 Å². The highest BCUT2D eigenvalue weighted by Crippen LogP contribution is 2.35. The van der Waals surface area contributed by atoms with Crippen molar-refractivity contribution in [3.8, 4) is 0 Å². The molecule has 0 aliphatic carbocycles. The third-order valence-electron chi connectivity index (χ3n) is 5.36. The van der Waals surface area contributed by atoms with Gasteiger partial charge in [0.25, 0.3) is 0 Å². The molecule has 0 aliphatic rings. The number of hydrogen-bond acceptors (Lipinski definition) is 2. The summed E-state index contributed by atoms with van der Waals surface area (Å²) in [4.78, 5) is 11.5. The minimum Gasteiger partial charge on any atom is -0.550 e. The molecule has 0 atom stereocenters. The van der Waals surface area contributed by atoms with Gasteiger partial charge in [-0.15, -0.1) is 0 Å². The van der Waals surface area contributed by atoms with Crippen LogP contribution in [-0.4, -0.2) is 5.97 Å². The van der Waals surface area contributed by atoms with Crippen LogP contribution in [0.25, 0.3) is 0 Å². The average Bonchev–Trinajstić information content (AvgIpc) is 2.51. The molecule has 0 radical (unpaired) electrons. The Balaban J connectivity index is 0. The van der Waals surface area contributed by atoms with E-state index in [0.29, 0.717) is 0 Å². The molecule has 0 aromatic carbocycles. The van der Waals surface area contributed by atoms with Crippen LogP contribution in [0.15, 0.2) is 0 Å². The summed E-state index contributed by atoms with van der Waals surface area (Å²) in [6, 6.07) is 0. The zero-order valence-corrected chi connectivity index (χ0v) is 17.3. The van der Waals surface area contributed by atoms with Crippen molar-refractivity contribution in [2.24, 2.45) is 11.3 Å². The lowest BCUT2D eigenvalue weighted by molar-refractivity contribution is -0.320. The SMILES string of the molecule is CCCCCCCCC(CCCCCCCC)C(C)(C)C(=O)[O-].[NH4+]. The number of rotatable bonds is 16. The van der Waals surface area contributed by atoms with Gasteiger partial charge in [0.05, 0.1) is 0 Å². The van der Waals surface area contributed by atoms with Crippen molar-refractivity contribution in [2.45, 2.75) is 118 Å². The molecule has 0 saturated heterocycles. The molecule has 146 valence electrons. The molecule has 0 unspecified atom stereocenters. The van der Waals surface area contributed by atoms with Crippen molar-refractivity contribution >= 4 is 5.97 Å². The summed E-state index contributed by atoms with van der Waals surface area (Å²) in [6.07, 6.45) is 17.4. The van der Waals surface area contributed by atoms with Crippen LogP contribution in [0.5, 0.6) is 0 Å². The van der Waals surface area contributed by atoms with E-state index in [2.05, 4.69) is 13.8 Å². The Bertz CT molecular complexity index is 274. The van der Waals surface area contributed by atoms with E-state index in [1.54, 1.807) is 0 Å². The van der Waals surface area contributed by atoms with Gasteiger partial charge in [0.15, 0.2) is 0 Å². The summed E-state index contributed by atoms with van der Waals surface area (Å²) in [5.74, 6) is -0.607. The molecule has 0 aromatic rings. The van der Waals surface area contributed by atoms with E-state index in [1.807, 2.05) is 13.8 Å². The van der Waals surface area contributed by atoms with Crippen LogP contribution >= 0.6 is 0 Å². The minimum absolute atomic E-state index is 0. The Morgan fingerprint density at radius 3 is 1.42 bits per heavy atom. The third kappa shape index (κ3) is 11.9. The summed E-state index contributed by atoms with van der Waals surface area (Å²) >= 11 is 0. The maximum Gasteiger partial charge on any atom is 0.0473 e. The molecule has 0 aromatic heterocycles. The van der Waals surface area contributed by atoms with Crippen LogP contribution in [0.2, 0.25) is 0 Å². The van der Waals surface area contributed by atoms with Gasteiger partial charge in [0.1, 0.15) is 0 Å². The summed E-state index contributed by atoms with van der Waals surface area (Å²) in [5, 5.41) is 11.5. The summed E-state index contributed by atoms with van der Waals surface area (Å²) in [6.45, 7) is 8.19. The van der Waals surface area contributed by atoms with Gasteiger partial charge in [-0.25, -0.2) is 0 Å². The molecular formula is C21H45NO2. The van der Waals surface area contributed by atoms with E-state index in [1.165, 1.54) is 77.0 Å². The molecule has 3 heteroatoms. The van der Waals surface area contributed by atoms with Gasteiger partial charge in [-0.05, 0) is 18.8 Å². The Morgan fingerprint density at radius 2 is 1.08 bits per heavy atom. The first-order valence-electron chi connectivity index (χ1n) is 10.2. The van der Waals surface area contributed by atoms with Crippen molar-refractivity contribution in [1.29, 1.82) is 0 Å². The number of carboxylic acids is 1. The number of quaternary nitrogens is 1. The molecule has 4 N–H and O–H groups in total. The first kappa shape index (κ1) is 25.7. The molecule has 0 aliphatic heterocycles.